The van der Waals surface area contributed by atoms with Gasteiger partial charge in [-0.1, -0.05) is 25.1 Å². The third-order valence-corrected chi connectivity index (χ3v) is 4.83. The number of benzene rings is 1. The Hall–Kier alpha value is -0.320. The highest BCUT2D eigenvalue weighted by atomic mass is 35.5. The first-order valence-electron chi connectivity index (χ1n) is 6.81. The molecule has 0 aliphatic carbocycles. The number of hydrogen-bond donors (Lipinski definition) is 1. The predicted octanol–water partition coefficient (Wildman–Crippen LogP) is 4.10. The number of nitrogens with zero attached hydrogens (tertiary/aromatic N) is 1. The zero-order valence-corrected chi connectivity index (χ0v) is 14.1. The molecule has 3 rings (SSSR count). The van der Waals surface area contributed by atoms with Gasteiger partial charge in [0.25, 0.3) is 0 Å². The van der Waals surface area contributed by atoms with Crippen LogP contribution in [-0.2, 0) is 0 Å². The topological polar surface area (TPSA) is 15.3 Å². The van der Waals surface area contributed by atoms with Crippen LogP contribution in [0, 0.1) is 0 Å². The van der Waals surface area contributed by atoms with Gasteiger partial charge in [-0.2, -0.15) is 0 Å². The Morgan fingerprint density at radius 3 is 2.60 bits per heavy atom. The van der Waals surface area contributed by atoms with E-state index < -0.39 is 0 Å². The van der Waals surface area contributed by atoms with Gasteiger partial charge in [0.05, 0.1) is 0 Å². The fraction of sp³-hybridized carbons (Fsp3) is 0.467. The Kier molecular flexibility index (Phi) is 7.27. The number of rotatable bonds is 3. The van der Waals surface area contributed by atoms with Crippen molar-refractivity contribution in [3.05, 3.63) is 35.2 Å². The van der Waals surface area contributed by atoms with Gasteiger partial charge in [-0.25, -0.2) is 0 Å². The maximum absolute atomic E-state index is 3.44. The number of nitrogens with one attached hydrogen (secondary N) is 1. The number of fused-ring (bicyclic) bond motifs is 1. The maximum Gasteiger partial charge on any atom is 0.0360 e. The summed E-state index contributed by atoms with van der Waals surface area (Å²) < 4.78 is 1.42. The van der Waals surface area contributed by atoms with E-state index in [0.717, 1.165) is 13.1 Å². The summed E-state index contributed by atoms with van der Waals surface area (Å²) in [5, 5.41) is 7.25. The fourth-order valence-electron chi connectivity index (χ4n) is 2.92. The van der Waals surface area contributed by atoms with Crippen LogP contribution in [-0.4, -0.2) is 31.1 Å². The average Bonchev–Trinajstić information content (AvgIpc) is 2.85. The summed E-state index contributed by atoms with van der Waals surface area (Å²) in [6.07, 6.45) is 1.20. The molecular weight excluding hydrogens is 311 g/mol. The summed E-state index contributed by atoms with van der Waals surface area (Å²) in [4.78, 5) is 2.63. The van der Waals surface area contributed by atoms with E-state index in [1.807, 2.05) is 11.3 Å². The van der Waals surface area contributed by atoms with Crippen LogP contribution in [0.4, 0.5) is 0 Å². The third kappa shape index (κ3) is 3.46. The van der Waals surface area contributed by atoms with Crippen molar-refractivity contribution in [1.29, 1.82) is 0 Å². The molecule has 0 amide bonds. The summed E-state index contributed by atoms with van der Waals surface area (Å²) in [5.41, 5.74) is 1.53. The summed E-state index contributed by atoms with van der Waals surface area (Å²) in [5.74, 6) is 0. The van der Waals surface area contributed by atoms with Gasteiger partial charge in [-0.05, 0) is 28.8 Å². The van der Waals surface area contributed by atoms with Gasteiger partial charge < -0.3 is 5.32 Å². The van der Waals surface area contributed by atoms with Gasteiger partial charge in [-0.3, -0.25) is 4.90 Å². The zero-order chi connectivity index (χ0) is 12.4. The van der Waals surface area contributed by atoms with Crippen LogP contribution in [0.5, 0.6) is 0 Å². The van der Waals surface area contributed by atoms with Crippen molar-refractivity contribution >= 4 is 46.2 Å². The third-order valence-electron chi connectivity index (χ3n) is 3.85. The Morgan fingerprint density at radius 2 is 1.90 bits per heavy atom. The fourth-order valence-corrected chi connectivity index (χ4v) is 3.93. The molecule has 0 bridgehead atoms. The second-order valence-corrected chi connectivity index (χ2v) is 5.81. The molecule has 0 radical (unpaired) electrons. The van der Waals surface area contributed by atoms with Crippen LogP contribution in [0.1, 0.15) is 24.9 Å². The molecule has 1 fully saturated rings. The first-order chi connectivity index (χ1) is 8.90. The molecule has 0 saturated carbocycles. The van der Waals surface area contributed by atoms with Crippen LogP contribution in [0.3, 0.4) is 0 Å². The standard InChI is InChI=1S/C15H20N2S.2ClH/c1-2-14(17-9-7-16-8-10-17)13-11-18-15-6-4-3-5-12(13)15;;/h3-6,11,14,16H,2,7-10H2,1H3;2*1H/t14-;;/m1../s1. The highest BCUT2D eigenvalue weighted by molar-refractivity contribution is 7.17. The second kappa shape index (κ2) is 8.20. The molecule has 1 N–H and O–H groups in total. The van der Waals surface area contributed by atoms with E-state index in [-0.39, 0.29) is 24.8 Å². The Labute approximate surface area is 137 Å². The van der Waals surface area contributed by atoms with Gasteiger partial charge in [0.2, 0.25) is 0 Å². The minimum absolute atomic E-state index is 0. The molecule has 5 heteroatoms. The Bertz CT molecular complexity index is 523. The smallest absolute Gasteiger partial charge is 0.0360 e. The van der Waals surface area contributed by atoms with Crippen LogP contribution in [0.15, 0.2) is 29.6 Å². The van der Waals surface area contributed by atoms with Gasteiger partial charge in [0.15, 0.2) is 0 Å². The molecule has 0 unspecified atom stereocenters. The molecule has 1 saturated heterocycles. The van der Waals surface area contributed by atoms with Crippen molar-refractivity contribution in [3.63, 3.8) is 0 Å². The lowest BCUT2D eigenvalue weighted by Crippen LogP contribution is -2.45. The normalized spacial score (nSPS) is 17.2. The van der Waals surface area contributed by atoms with Crippen molar-refractivity contribution in [2.45, 2.75) is 19.4 Å². The van der Waals surface area contributed by atoms with E-state index in [4.69, 9.17) is 0 Å². The molecule has 1 atom stereocenters. The van der Waals surface area contributed by atoms with E-state index in [1.165, 1.54) is 35.2 Å². The lowest BCUT2D eigenvalue weighted by molar-refractivity contribution is 0.170. The van der Waals surface area contributed by atoms with Crippen molar-refractivity contribution in [1.82, 2.24) is 10.2 Å². The zero-order valence-electron chi connectivity index (χ0n) is 11.7. The van der Waals surface area contributed by atoms with Gasteiger partial charge in [0, 0.05) is 36.9 Å². The number of piperazine rings is 1. The molecule has 1 aromatic carbocycles. The quantitative estimate of drug-likeness (QED) is 0.910. The van der Waals surface area contributed by atoms with Crippen molar-refractivity contribution in [2.75, 3.05) is 26.2 Å². The summed E-state index contributed by atoms with van der Waals surface area (Å²) in [6.45, 7) is 6.89. The highest BCUT2D eigenvalue weighted by Gasteiger charge is 2.22. The largest absolute Gasteiger partial charge is 0.314 e. The highest BCUT2D eigenvalue weighted by Crippen LogP contribution is 2.34. The van der Waals surface area contributed by atoms with Crippen LogP contribution in [0.2, 0.25) is 0 Å². The van der Waals surface area contributed by atoms with Gasteiger partial charge in [-0.15, -0.1) is 36.2 Å². The molecular formula is C15H22Cl2N2S. The molecule has 1 aliphatic heterocycles. The molecule has 2 aromatic rings. The molecule has 2 heterocycles. The summed E-state index contributed by atoms with van der Waals surface area (Å²) in [7, 11) is 0. The lowest BCUT2D eigenvalue weighted by atomic mass is 10.0. The van der Waals surface area contributed by atoms with E-state index in [1.54, 1.807) is 0 Å². The van der Waals surface area contributed by atoms with E-state index in [9.17, 15) is 0 Å². The van der Waals surface area contributed by atoms with Gasteiger partial charge >= 0.3 is 0 Å². The average molecular weight is 333 g/mol. The van der Waals surface area contributed by atoms with E-state index in [0.29, 0.717) is 6.04 Å². The minimum atomic E-state index is 0. The first kappa shape index (κ1) is 17.7. The van der Waals surface area contributed by atoms with Gasteiger partial charge in [0.1, 0.15) is 0 Å². The monoisotopic (exact) mass is 332 g/mol. The molecule has 0 spiro atoms. The summed E-state index contributed by atoms with van der Waals surface area (Å²) >= 11 is 1.88. The van der Waals surface area contributed by atoms with Crippen LogP contribution in [0.25, 0.3) is 10.1 Å². The maximum atomic E-state index is 3.44. The molecule has 112 valence electrons. The minimum Gasteiger partial charge on any atom is -0.314 e. The van der Waals surface area contributed by atoms with Crippen LogP contribution < -0.4 is 5.32 Å². The van der Waals surface area contributed by atoms with Crippen molar-refractivity contribution in [3.8, 4) is 0 Å². The first-order valence-corrected chi connectivity index (χ1v) is 7.69. The van der Waals surface area contributed by atoms with Crippen LogP contribution >= 0.6 is 36.2 Å². The number of hydrogen-bond acceptors (Lipinski definition) is 3. The number of thiophene rings is 1. The second-order valence-electron chi connectivity index (χ2n) is 4.90. The lowest BCUT2D eigenvalue weighted by Gasteiger charge is -2.34. The molecule has 1 aromatic heterocycles. The van der Waals surface area contributed by atoms with Crippen molar-refractivity contribution in [2.24, 2.45) is 0 Å². The van der Waals surface area contributed by atoms with E-state index in [2.05, 4.69) is 46.8 Å². The Morgan fingerprint density at radius 1 is 1.20 bits per heavy atom. The van der Waals surface area contributed by atoms with Crippen molar-refractivity contribution < 1.29 is 0 Å². The van der Waals surface area contributed by atoms with E-state index >= 15 is 0 Å². The molecule has 1 aliphatic rings. The Balaban J connectivity index is 0.000001000. The molecule has 20 heavy (non-hydrogen) atoms. The summed E-state index contributed by atoms with van der Waals surface area (Å²) in [6, 6.07) is 9.38. The number of halogens is 2. The predicted molar refractivity (Wildman–Crippen MR) is 93.8 cm³/mol. The molecule has 2 nitrogen and oxygen atoms in total. The SMILES string of the molecule is CC[C@H](c1csc2ccccc12)N1CCNCC1.Cl.Cl.